The van der Waals surface area contributed by atoms with Gasteiger partial charge in [0.25, 0.3) is 5.56 Å². The number of alkyl halides is 3. The highest BCUT2D eigenvalue weighted by atomic mass is 19.4. The summed E-state index contributed by atoms with van der Waals surface area (Å²) < 4.78 is 56.4. The molecular formula is C28H25F4N5O. The number of hydrogen-bond donors (Lipinski definition) is 0. The standard InChI is InChI=1S/C28H25F4N5O/c1-17-4-2-6-22(29)26(17)19-9-7-18(8-10-19)20-14-23(24-15-33-12-13-35-24)36-37(27(20)38)16-25-21(28(30,31)32)5-3-11-34-25/h2-6,11-15,18-19H,7-10,16H2,1H3. The van der Waals surface area contributed by atoms with Gasteiger partial charge in [-0.15, -0.1) is 0 Å². The van der Waals surface area contributed by atoms with E-state index in [9.17, 15) is 22.4 Å². The normalized spacial score (nSPS) is 17.9. The summed E-state index contributed by atoms with van der Waals surface area (Å²) in [5, 5.41) is 4.35. The Morgan fingerprint density at radius 2 is 1.71 bits per heavy atom. The molecule has 0 atom stereocenters. The van der Waals surface area contributed by atoms with Gasteiger partial charge in [0.05, 0.1) is 24.0 Å². The second-order valence-electron chi connectivity index (χ2n) is 9.55. The van der Waals surface area contributed by atoms with Gasteiger partial charge in [0.1, 0.15) is 17.2 Å². The number of benzene rings is 1. The molecule has 1 aliphatic carbocycles. The molecule has 0 amide bonds. The topological polar surface area (TPSA) is 73.6 Å². The second kappa shape index (κ2) is 10.4. The first kappa shape index (κ1) is 25.7. The maximum absolute atomic E-state index is 14.6. The van der Waals surface area contributed by atoms with Crippen molar-refractivity contribution < 1.29 is 17.6 Å². The summed E-state index contributed by atoms with van der Waals surface area (Å²) in [5.41, 5.74) is 1.13. The van der Waals surface area contributed by atoms with Crippen LogP contribution in [0.4, 0.5) is 17.6 Å². The Kier molecular flexibility index (Phi) is 7.05. The molecule has 5 rings (SSSR count). The van der Waals surface area contributed by atoms with E-state index in [-0.39, 0.29) is 23.3 Å². The minimum absolute atomic E-state index is 0.0406. The first-order valence-electron chi connectivity index (χ1n) is 12.4. The molecule has 0 radical (unpaired) electrons. The Hall–Kier alpha value is -3.95. The molecule has 0 spiro atoms. The minimum atomic E-state index is -4.62. The quantitative estimate of drug-likeness (QED) is 0.298. The zero-order valence-electron chi connectivity index (χ0n) is 20.6. The fourth-order valence-corrected chi connectivity index (χ4v) is 5.34. The van der Waals surface area contributed by atoms with Gasteiger partial charge in [-0.2, -0.15) is 18.3 Å². The van der Waals surface area contributed by atoms with Gasteiger partial charge >= 0.3 is 6.18 Å². The molecule has 1 aromatic carbocycles. The van der Waals surface area contributed by atoms with Crippen LogP contribution in [0, 0.1) is 12.7 Å². The highest BCUT2D eigenvalue weighted by molar-refractivity contribution is 5.53. The summed E-state index contributed by atoms with van der Waals surface area (Å²) in [6, 6.07) is 8.86. The van der Waals surface area contributed by atoms with Gasteiger partial charge < -0.3 is 0 Å². The van der Waals surface area contributed by atoms with Crippen molar-refractivity contribution in [3.63, 3.8) is 0 Å². The van der Waals surface area contributed by atoms with Crippen LogP contribution in [0.2, 0.25) is 0 Å². The van der Waals surface area contributed by atoms with Crippen molar-refractivity contribution in [1.82, 2.24) is 24.7 Å². The fourth-order valence-electron chi connectivity index (χ4n) is 5.34. The van der Waals surface area contributed by atoms with Crippen LogP contribution >= 0.6 is 0 Å². The lowest BCUT2D eigenvalue weighted by Crippen LogP contribution is -2.31. The third kappa shape index (κ3) is 5.20. The number of halogens is 4. The summed E-state index contributed by atoms with van der Waals surface area (Å²) in [4.78, 5) is 25.8. The summed E-state index contributed by atoms with van der Waals surface area (Å²) in [7, 11) is 0. The fraction of sp³-hybridized carbons (Fsp3) is 0.321. The number of aryl methyl sites for hydroxylation is 1. The number of aromatic nitrogens is 5. The monoisotopic (exact) mass is 523 g/mol. The predicted molar refractivity (Wildman–Crippen MR) is 133 cm³/mol. The van der Waals surface area contributed by atoms with E-state index < -0.39 is 23.8 Å². The largest absolute Gasteiger partial charge is 0.418 e. The lowest BCUT2D eigenvalue weighted by molar-refractivity contribution is -0.138. The molecule has 38 heavy (non-hydrogen) atoms. The van der Waals surface area contributed by atoms with E-state index in [0.29, 0.717) is 48.2 Å². The van der Waals surface area contributed by atoms with Gasteiger partial charge in [-0.1, -0.05) is 12.1 Å². The van der Waals surface area contributed by atoms with Crippen LogP contribution < -0.4 is 5.56 Å². The molecule has 0 saturated heterocycles. The average molecular weight is 524 g/mol. The van der Waals surface area contributed by atoms with Gasteiger partial charge in [-0.05, 0) is 79.8 Å². The summed E-state index contributed by atoms with van der Waals surface area (Å²) in [5.74, 6) is -0.333. The Balaban J connectivity index is 1.51. The smallest absolute Gasteiger partial charge is 0.267 e. The Bertz CT molecular complexity index is 1480. The molecule has 4 aromatic rings. The van der Waals surface area contributed by atoms with Gasteiger partial charge in [-0.25, -0.2) is 9.07 Å². The molecular weight excluding hydrogens is 498 g/mol. The van der Waals surface area contributed by atoms with Crippen LogP contribution in [0.1, 0.15) is 65.5 Å². The first-order valence-corrected chi connectivity index (χ1v) is 12.4. The molecule has 3 heterocycles. The van der Waals surface area contributed by atoms with E-state index in [1.54, 1.807) is 12.1 Å². The number of rotatable bonds is 5. The Labute approximate surface area is 216 Å². The third-order valence-corrected chi connectivity index (χ3v) is 7.17. The van der Waals surface area contributed by atoms with E-state index in [4.69, 9.17) is 0 Å². The molecule has 1 saturated carbocycles. The van der Waals surface area contributed by atoms with Gasteiger partial charge in [0, 0.05) is 24.2 Å². The van der Waals surface area contributed by atoms with Crippen molar-refractivity contribution in [3.05, 3.63) is 105 Å². The highest BCUT2D eigenvalue weighted by Gasteiger charge is 2.34. The van der Waals surface area contributed by atoms with Crippen LogP contribution in [0.3, 0.4) is 0 Å². The maximum Gasteiger partial charge on any atom is 0.418 e. The lowest BCUT2D eigenvalue weighted by atomic mass is 9.75. The molecule has 10 heteroatoms. The second-order valence-corrected chi connectivity index (χ2v) is 9.55. The van der Waals surface area contributed by atoms with Crippen molar-refractivity contribution >= 4 is 0 Å². The van der Waals surface area contributed by atoms with E-state index in [1.807, 2.05) is 13.0 Å². The van der Waals surface area contributed by atoms with Gasteiger partial charge in [0.15, 0.2) is 0 Å². The summed E-state index contributed by atoms with van der Waals surface area (Å²) in [6.07, 6.45) is 3.74. The Morgan fingerprint density at radius 3 is 2.39 bits per heavy atom. The predicted octanol–water partition coefficient (Wildman–Crippen LogP) is 6.05. The third-order valence-electron chi connectivity index (χ3n) is 7.17. The molecule has 0 N–H and O–H groups in total. The summed E-state index contributed by atoms with van der Waals surface area (Å²) >= 11 is 0. The molecule has 6 nitrogen and oxygen atoms in total. The van der Waals surface area contributed by atoms with Crippen LogP contribution in [0.25, 0.3) is 11.4 Å². The van der Waals surface area contributed by atoms with E-state index in [2.05, 4.69) is 20.1 Å². The number of hydrogen-bond acceptors (Lipinski definition) is 5. The maximum atomic E-state index is 14.6. The van der Waals surface area contributed by atoms with E-state index >= 15 is 0 Å². The van der Waals surface area contributed by atoms with Crippen molar-refractivity contribution in [2.75, 3.05) is 0 Å². The molecule has 0 bridgehead atoms. The molecule has 3 aromatic heterocycles. The summed E-state index contributed by atoms with van der Waals surface area (Å²) in [6.45, 7) is 1.45. The van der Waals surface area contributed by atoms with Crippen molar-refractivity contribution in [1.29, 1.82) is 0 Å². The zero-order valence-corrected chi connectivity index (χ0v) is 20.6. The zero-order chi connectivity index (χ0) is 26.9. The van der Waals surface area contributed by atoms with E-state index in [1.165, 1.54) is 36.9 Å². The highest BCUT2D eigenvalue weighted by Crippen LogP contribution is 2.41. The van der Waals surface area contributed by atoms with Gasteiger partial charge in [0.2, 0.25) is 0 Å². The average Bonchev–Trinajstić information content (AvgIpc) is 2.90. The Morgan fingerprint density at radius 1 is 0.947 bits per heavy atom. The molecule has 0 unspecified atom stereocenters. The lowest BCUT2D eigenvalue weighted by Gasteiger charge is -2.30. The number of nitrogens with zero attached hydrogens (tertiary/aromatic N) is 5. The first-order chi connectivity index (χ1) is 18.2. The van der Waals surface area contributed by atoms with Crippen molar-refractivity contribution in [3.8, 4) is 11.4 Å². The van der Waals surface area contributed by atoms with Gasteiger partial charge in [-0.3, -0.25) is 19.7 Å². The van der Waals surface area contributed by atoms with Crippen LogP contribution in [-0.4, -0.2) is 24.7 Å². The molecule has 1 fully saturated rings. The van der Waals surface area contributed by atoms with Crippen molar-refractivity contribution in [2.24, 2.45) is 0 Å². The molecule has 0 aliphatic heterocycles. The number of pyridine rings is 1. The van der Waals surface area contributed by atoms with Crippen LogP contribution in [0.15, 0.2) is 66.0 Å². The molecule has 196 valence electrons. The SMILES string of the molecule is Cc1cccc(F)c1C1CCC(c2cc(-c3cnccn3)nn(Cc3ncccc3C(F)(F)F)c2=O)CC1. The van der Waals surface area contributed by atoms with Crippen LogP contribution in [-0.2, 0) is 12.7 Å². The minimum Gasteiger partial charge on any atom is -0.267 e. The van der Waals surface area contributed by atoms with Crippen molar-refractivity contribution in [2.45, 2.75) is 57.2 Å². The molecule has 1 aliphatic rings. The van der Waals surface area contributed by atoms with Crippen LogP contribution in [0.5, 0.6) is 0 Å². The van der Waals surface area contributed by atoms with E-state index in [0.717, 1.165) is 16.3 Å².